The highest BCUT2D eigenvalue weighted by Crippen LogP contribution is 2.05. The molecule has 0 radical (unpaired) electrons. The molecule has 0 aliphatic rings. The number of carbonyl (C=O) groups is 2. The van der Waals surface area contributed by atoms with Crippen LogP contribution in [0.1, 0.15) is 37.2 Å². The second-order valence-corrected chi connectivity index (χ2v) is 1.88. The lowest BCUT2D eigenvalue weighted by molar-refractivity contribution is 0.0697. The van der Waals surface area contributed by atoms with Crippen molar-refractivity contribution in [2.75, 3.05) is 0 Å². The summed E-state index contributed by atoms with van der Waals surface area (Å²) in [4.78, 5) is 22.5. The lowest BCUT2D eigenvalue weighted by Crippen LogP contribution is -1.99. The van der Waals surface area contributed by atoms with Gasteiger partial charge in [0.05, 0.1) is 11.0 Å². The van der Waals surface area contributed by atoms with Gasteiger partial charge in [-0.2, -0.15) is 0 Å². The second kappa shape index (κ2) is 3.17. The first-order valence-electron chi connectivity index (χ1n) is 6.38. The van der Waals surface area contributed by atoms with Crippen molar-refractivity contribution in [3.8, 4) is 0 Å². The van der Waals surface area contributed by atoms with Gasteiger partial charge in [0, 0.05) is 9.68 Å². The van der Waals surface area contributed by atoms with Crippen LogP contribution in [0.5, 0.6) is 0 Å². The van der Waals surface area contributed by atoms with Crippen molar-refractivity contribution in [2.45, 2.75) is 6.85 Å². The Labute approximate surface area is 79.5 Å². The summed E-state index contributed by atoms with van der Waals surface area (Å²) in [5, 5.41) is 8.83. The Bertz CT molecular complexity index is 576. The minimum atomic E-state index is -3.16. The summed E-state index contributed by atoms with van der Waals surface area (Å²) in [7, 11) is 0. The molecular formula is C9H8O3. The Kier molecular flexibility index (Phi) is 0.796. The van der Waals surface area contributed by atoms with E-state index in [9.17, 15) is 9.59 Å². The number of rotatable bonds is 2. The molecule has 0 spiro atoms. The third kappa shape index (κ3) is 1.69. The van der Waals surface area contributed by atoms with Crippen molar-refractivity contribution in [1.29, 1.82) is 0 Å². The van der Waals surface area contributed by atoms with Gasteiger partial charge in [0.1, 0.15) is 0 Å². The molecule has 62 valence electrons. The minimum absolute atomic E-state index is 0.899. The van der Waals surface area contributed by atoms with Crippen LogP contribution in [0.25, 0.3) is 0 Å². The van der Waals surface area contributed by atoms with Gasteiger partial charge in [-0.3, -0.25) is 4.79 Å². The maximum Gasteiger partial charge on any atom is 0.335 e. The van der Waals surface area contributed by atoms with Crippen LogP contribution in [0.3, 0.4) is 0 Å². The van der Waals surface area contributed by atoms with Gasteiger partial charge in [0.25, 0.3) is 0 Å². The first-order valence-corrected chi connectivity index (χ1v) is 2.88. The monoisotopic (exact) mass is 171 g/mol. The maximum atomic E-state index is 11.6. The van der Waals surface area contributed by atoms with Gasteiger partial charge in [-0.05, 0) is 18.9 Å². The fourth-order valence-corrected chi connectivity index (χ4v) is 0.564. The summed E-state index contributed by atoms with van der Waals surface area (Å²) < 4.78 is 50.4. The number of hydrogen-bond acceptors (Lipinski definition) is 2. The molecule has 0 fully saturated rings. The highest BCUT2D eigenvalue weighted by molar-refractivity contribution is 5.97. The largest absolute Gasteiger partial charge is 0.478 e. The molecule has 0 aromatic heterocycles. The van der Waals surface area contributed by atoms with E-state index < -0.39 is 53.9 Å². The molecule has 3 heteroatoms. The van der Waals surface area contributed by atoms with Crippen molar-refractivity contribution in [1.82, 2.24) is 0 Å². The summed E-state index contributed by atoms with van der Waals surface area (Å²) in [6.45, 7) is -3.16. The number of aromatic carboxylic acids is 1. The van der Waals surface area contributed by atoms with E-state index in [-0.39, 0.29) is 0 Å². The predicted molar refractivity (Wildman–Crippen MR) is 43.4 cm³/mol. The van der Waals surface area contributed by atoms with Crippen molar-refractivity contribution < 1.29 is 24.3 Å². The molecule has 0 saturated carbocycles. The van der Waals surface area contributed by atoms with Gasteiger partial charge in [0.2, 0.25) is 0 Å². The van der Waals surface area contributed by atoms with Crippen LogP contribution in [-0.4, -0.2) is 16.9 Å². The quantitative estimate of drug-likeness (QED) is 0.687. The SMILES string of the molecule is [2H]c1c([2H])c(C(=O)O)c([2H])c(C(=O)C([2H])([2H])[2H])c1[2H]. The molecule has 0 bridgehead atoms. The first-order chi connectivity index (χ1) is 8.50. The van der Waals surface area contributed by atoms with Gasteiger partial charge >= 0.3 is 5.97 Å². The summed E-state index contributed by atoms with van der Waals surface area (Å²) in [5.74, 6) is -3.32. The van der Waals surface area contributed by atoms with Crippen molar-refractivity contribution in [3.63, 3.8) is 0 Å². The molecule has 1 aromatic carbocycles. The maximum absolute atomic E-state index is 11.6. The van der Waals surface area contributed by atoms with Crippen LogP contribution < -0.4 is 0 Å². The van der Waals surface area contributed by atoms with Crippen LogP contribution in [0.2, 0.25) is 0 Å². The van der Waals surface area contributed by atoms with E-state index >= 15 is 0 Å². The van der Waals surface area contributed by atoms with E-state index in [1.165, 1.54) is 0 Å². The number of hydrogen-bond donors (Lipinski definition) is 1. The van der Waals surface area contributed by atoms with Crippen LogP contribution >= 0.6 is 0 Å². The minimum Gasteiger partial charge on any atom is -0.478 e. The summed E-state index contributed by atoms with van der Waals surface area (Å²) >= 11 is 0. The molecule has 1 rings (SSSR count). The topological polar surface area (TPSA) is 54.4 Å². The summed E-state index contributed by atoms with van der Waals surface area (Å²) in [6.07, 6.45) is 0. The number of ketones is 1. The summed E-state index contributed by atoms with van der Waals surface area (Å²) in [6, 6.07) is -3.76. The number of carboxylic acids is 1. The number of Topliss-reactive ketones (excluding diaryl/α,β-unsaturated/α-hetero) is 1. The van der Waals surface area contributed by atoms with E-state index in [1.54, 1.807) is 0 Å². The van der Waals surface area contributed by atoms with Gasteiger partial charge < -0.3 is 5.11 Å². The van der Waals surface area contributed by atoms with Gasteiger partial charge in [-0.15, -0.1) is 0 Å². The van der Waals surface area contributed by atoms with Crippen LogP contribution in [0.4, 0.5) is 0 Å². The number of carboxylic acid groups (broad SMARTS) is 1. The molecule has 0 amide bonds. The Hall–Kier alpha value is -1.64. The zero-order valence-corrected chi connectivity index (χ0v) is 5.76. The van der Waals surface area contributed by atoms with Crippen molar-refractivity contribution in [2.24, 2.45) is 0 Å². The number of carbonyl (C=O) groups excluding carboxylic acids is 1. The molecular weight excluding hydrogens is 156 g/mol. The third-order valence-electron chi connectivity index (χ3n) is 1.07. The molecule has 0 aliphatic carbocycles. The average Bonchev–Trinajstić information content (AvgIpc) is 2.24. The number of benzene rings is 1. The molecule has 0 unspecified atom stereocenters. The molecule has 3 nitrogen and oxygen atoms in total. The lowest BCUT2D eigenvalue weighted by atomic mass is 10.1. The van der Waals surface area contributed by atoms with E-state index in [2.05, 4.69) is 0 Å². The predicted octanol–water partition coefficient (Wildman–Crippen LogP) is 1.59. The van der Waals surface area contributed by atoms with Crippen LogP contribution in [0.15, 0.2) is 24.2 Å². The average molecular weight is 171 g/mol. The van der Waals surface area contributed by atoms with E-state index in [4.69, 9.17) is 14.7 Å². The zero-order chi connectivity index (χ0) is 15.1. The summed E-state index contributed by atoms with van der Waals surface area (Å²) in [5.41, 5.74) is -1.94. The van der Waals surface area contributed by atoms with E-state index in [1.807, 2.05) is 0 Å². The van der Waals surface area contributed by atoms with Crippen LogP contribution in [-0.2, 0) is 0 Å². The van der Waals surface area contributed by atoms with Gasteiger partial charge in [-0.25, -0.2) is 4.79 Å². The Morgan fingerprint density at radius 1 is 1.50 bits per heavy atom. The first kappa shape index (κ1) is 3.01. The fourth-order valence-electron chi connectivity index (χ4n) is 0.564. The van der Waals surface area contributed by atoms with E-state index in [0.29, 0.717) is 0 Å². The van der Waals surface area contributed by atoms with Crippen LogP contribution in [0, 0.1) is 0 Å². The highest BCUT2D eigenvalue weighted by atomic mass is 16.4. The highest BCUT2D eigenvalue weighted by Gasteiger charge is 2.04. The Morgan fingerprint density at radius 2 is 2.17 bits per heavy atom. The smallest absolute Gasteiger partial charge is 0.335 e. The third-order valence-corrected chi connectivity index (χ3v) is 1.07. The molecule has 1 N–H and O–H groups in total. The molecule has 1 aromatic rings. The van der Waals surface area contributed by atoms with Gasteiger partial charge in [0.15, 0.2) is 5.78 Å². The van der Waals surface area contributed by atoms with Crippen molar-refractivity contribution >= 4 is 11.8 Å². The van der Waals surface area contributed by atoms with Crippen molar-refractivity contribution in [3.05, 3.63) is 35.3 Å². The lowest BCUT2D eigenvalue weighted by Gasteiger charge is -1.96. The second-order valence-electron chi connectivity index (χ2n) is 1.88. The molecule has 0 aliphatic heterocycles. The Balaban J connectivity index is 3.77. The molecule has 0 heterocycles. The fraction of sp³-hybridized carbons (Fsp3) is 0.111. The van der Waals surface area contributed by atoms with Gasteiger partial charge in [-0.1, -0.05) is 12.1 Å². The normalized spacial score (nSPS) is 18.8. The molecule has 0 atom stereocenters. The molecule has 0 saturated heterocycles. The standard InChI is InChI=1S/C9H8O3/c1-6(10)7-3-2-4-8(5-7)9(11)12/h2-5H,1H3,(H,11,12)/i1D3,2D,3D,4D,5D. The molecule has 12 heavy (non-hydrogen) atoms. The van der Waals surface area contributed by atoms with E-state index in [0.717, 1.165) is 0 Å². The Morgan fingerprint density at radius 3 is 2.75 bits per heavy atom. The zero-order valence-electron chi connectivity index (χ0n) is 12.8.